The van der Waals surface area contributed by atoms with Gasteiger partial charge < -0.3 is 0 Å². The molecule has 750 valence electrons. The molecule has 0 amide bonds. The highest BCUT2D eigenvalue weighted by Gasteiger charge is 2.21. The lowest BCUT2D eigenvalue weighted by Gasteiger charge is -2.21. The molecule has 0 spiro atoms. The van der Waals surface area contributed by atoms with Crippen molar-refractivity contribution in [2.75, 3.05) is 0 Å². The summed E-state index contributed by atoms with van der Waals surface area (Å²) >= 11 is 0. The van der Waals surface area contributed by atoms with E-state index in [1.807, 2.05) is 27.7 Å². The molecule has 13 aromatic carbocycles. The molecule has 13 rings (SSSR count). The van der Waals surface area contributed by atoms with E-state index in [2.05, 4.69) is 592 Å². The fourth-order valence-electron chi connectivity index (χ4n) is 15.4. The first-order valence-electron chi connectivity index (χ1n) is 51.9. The van der Waals surface area contributed by atoms with E-state index < -0.39 is 0 Å². The molecule has 0 fully saturated rings. The number of hydrogen-bond acceptors (Lipinski definition) is 0. The zero-order chi connectivity index (χ0) is 105. The van der Waals surface area contributed by atoms with Gasteiger partial charge in [0, 0.05) is 0 Å². The molecule has 0 heterocycles. The molecule has 0 nitrogen and oxygen atoms in total. The van der Waals surface area contributed by atoms with Gasteiger partial charge in [-0.05, 0) is 275 Å². The van der Waals surface area contributed by atoms with Crippen molar-refractivity contribution in [3.05, 3.63) is 416 Å². The Morgan fingerprint density at radius 1 is 0.152 bits per heavy atom. The molecule has 0 saturated carbocycles. The highest BCUT2D eigenvalue weighted by Crippen LogP contribution is 2.33. The average molecular weight is 1860 g/mol. The van der Waals surface area contributed by atoms with Crippen LogP contribution in [0.4, 0.5) is 0 Å². The van der Waals surface area contributed by atoms with E-state index in [9.17, 15) is 0 Å². The van der Waals surface area contributed by atoms with E-state index in [0.29, 0.717) is 48.7 Å². The van der Waals surface area contributed by atoms with Crippen molar-refractivity contribution in [1.29, 1.82) is 0 Å². The molecule has 13 aromatic rings. The second-order valence-electron chi connectivity index (χ2n) is 50.5. The summed E-state index contributed by atoms with van der Waals surface area (Å²) in [5, 5.41) is 2.65. The van der Waals surface area contributed by atoms with Gasteiger partial charge in [0.2, 0.25) is 0 Å². The number of aryl methyl sites for hydroxylation is 7. The summed E-state index contributed by atoms with van der Waals surface area (Å²) in [6, 6.07) is 113. The first-order valence-corrected chi connectivity index (χ1v) is 51.9. The van der Waals surface area contributed by atoms with Crippen LogP contribution in [0.2, 0.25) is 0 Å². The smallest absolute Gasteiger partial charge is 0.0132 e. The van der Waals surface area contributed by atoms with E-state index >= 15 is 0 Å². The number of rotatable bonds is 9. The predicted molar refractivity (Wildman–Crippen MR) is 626 cm³/mol. The van der Waals surface area contributed by atoms with Gasteiger partial charge in [-0.25, -0.2) is 0 Å². The summed E-state index contributed by atoms with van der Waals surface area (Å²) in [4.78, 5) is 0. The Labute approximate surface area is 851 Å². The average Bonchev–Trinajstić information content (AvgIpc) is 0.817. The number of benzene rings is 13. The van der Waals surface area contributed by atoms with Crippen LogP contribution in [0.5, 0.6) is 0 Å². The van der Waals surface area contributed by atoms with Crippen LogP contribution in [-0.4, -0.2) is 0 Å². The summed E-state index contributed by atoms with van der Waals surface area (Å²) in [6.45, 7) is 97.9. The van der Waals surface area contributed by atoms with Gasteiger partial charge in [0.05, 0.1) is 0 Å². The summed E-state index contributed by atoms with van der Waals surface area (Å²) in [6.07, 6.45) is 8.04. The molecule has 0 aromatic heterocycles. The minimum Gasteiger partial charge on any atom is -0.0683 e. The van der Waals surface area contributed by atoms with E-state index in [4.69, 9.17) is 0 Å². The quantitative estimate of drug-likeness (QED) is 0.135. The van der Waals surface area contributed by atoms with Gasteiger partial charge in [0.15, 0.2) is 0 Å². The van der Waals surface area contributed by atoms with Crippen LogP contribution in [0.25, 0.3) is 33.0 Å². The van der Waals surface area contributed by atoms with Crippen molar-refractivity contribution in [2.45, 2.75) is 371 Å². The Bertz CT molecular complexity index is 5340. The standard InChI is InChI=1S/2C17H20.C15H24.C14H16.3C13H20.C12H18.2C10H14.2C2H6/c1-17(2,3)13-14-8-7-11-16(12-14)15-9-5-4-6-10-15;1-17(2,3)13-14-9-11-16(12-10-14)15-7-5-4-6-8-15;1-14(2,3)11-12-7-9-13(10-8-12)15(4,5)6;1-14(2,3)13-9-8-11-6-4-5-7-12(11)10-13;2*1-10-6-7-12(8-11(10)2)9-13(3,4)5;1-10-6-7-11(2)12(8-10)9-13(3,4)5;1-10-5-7-11(8-6-10)9-12(2,3)4;2*1-10(2,3)9-7-5-4-6-8-9;2*1-2/h2*4-12H,13H2,1-3H3;7-10H,11H2,1-6H3;4-10H,1-3H3;3*6-8H,9H2,1-5H3;5-8H,9H2,1-4H3;2*4-8H,1-3H3;2*1-2H3. The molecule has 0 heteroatoms. The zero-order valence-corrected chi connectivity index (χ0v) is 96.5. The van der Waals surface area contributed by atoms with E-state index in [-0.39, 0.29) is 10.8 Å². The lowest BCUT2D eigenvalue weighted by Crippen LogP contribution is -2.12. The molecular formula is C138H198. The minimum absolute atomic E-state index is 0.240. The third-order valence-corrected chi connectivity index (χ3v) is 22.7. The molecule has 0 atom stereocenters. The van der Waals surface area contributed by atoms with Crippen LogP contribution in [0.15, 0.2) is 315 Å². The highest BCUT2D eigenvalue weighted by molar-refractivity contribution is 5.83. The van der Waals surface area contributed by atoms with E-state index in [1.165, 1.54) is 140 Å². The van der Waals surface area contributed by atoms with Crippen molar-refractivity contribution in [3.8, 4) is 22.3 Å². The molecule has 0 radical (unpaired) electrons. The lowest BCUT2D eigenvalue weighted by atomic mass is 9.84. The lowest BCUT2D eigenvalue weighted by molar-refractivity contribution is 0.410. The minimum atomic E-state index is 0.240. The zero-order valence-electron chi connectivity index (χ0n) is 96.5. The van der Waals surface area contributed by atoms with E-state index in [1.54, 1.807) is 0 Å². The van der Waals surface area contributed by atoms with Crippen molar-refractivity contribution in [3.63, 3.8) is 0 Å². The maximum atomic E-state index is 2.31. The second-order valence-corrected chi connectivity index (χ2v) is 50.5. The van der Waals surface area contributed by atoms with Gasteiger partial charge in [-0.3, -0.25) is 0 Å². The van der Waals surface area contributed by atoms with Crippen LogP contribution in [0, 0.1) is 86.4 Å². The van der Waals surface area contributed by atoms with Crippen LogP contribution < -0.4 is 0 Å². The largest absolute Gasteiger partial charge is 0.0683 e. The number of hydrogen-bond donors (Lipinski definition) is 0. The topological polar surface area (TPSA) is 0 Å². The molecule has 0 aliphatic rings. The summed E-state index contributed by atoms with van der Waals surface area (Å²) in [5.74, 6) is 0. The Morgan fingerprint density at radius 3 is 0.739 bits per heavy atom. The normalized spacial score (nSPS) is 11.5. The Balaban J connectivity index is 0.000000518. The Kier molecular flexibility index (Phi) is 52.0. The second kappa shape index (κ2) is 57.7. The summed E-state index contributed by atoms with van der Waals surface area (Å²) in [5.41, 5.74) is 34.3. The van der Waals surface area contributed by atoms with Crippen LogP contribution in [0.1, 0.15) is 356 Å². The first-order chi connectivity index (χ1) is 63.7. The third kappa shape index (κ3) is 55.8. The van der Waals surface area contributed by atoms with Gasteiger partial charge >= 0.3 is 0 Å². The molecular weight excluding hydrogens is 1660 g/mol. The molecule has 138 heavy (non-hydrogen) atoms. The monoisotopic (exact) mass is 1860 g/mol. The SMILES string of the molecule is CC.CC.CC(C)(C)Cc1ccc(-c2ccccc2)cc1.CC(C)(C)Cc1ccc(C(C)(C)C)cc1.CC(C)(C)Cc1cccc(-c2ccccc2)c1.CC(C)(C)c1ccc2ccccc2c1.CC(C)(C)c1ccccc1.CC(C)(C)c1ccccc1.Cc1ccc(C)c(CC(C)(C)C)c1.Cc1ccc(CC(C)(C)C)cc1.Cc1ccc(CC(C)(C)C)cc1C.Cc1ccc(CC(C)(C)C)cc1C. The Hall–Kier alpha value is -9.88. The molecule has 0 unspecified atom stereocenters. The van der Waals surface area contributed by atoms with Crippen molar-refractivity contribution in [1.82, 2.24) is 0 Å². The predicted octanol–water partition coefficient (Wildman–Crippen LogP) is 41.9. The Morgan fingerprint density at radius 2 is 0.406 bits per heavy atom. The molecule has 0 aliphatic heterocycles. The summed E-state index contributed by atoms with van der Waals surface area (Å²) < 4.78 is 0. The molecule has 0 bridgehead atoms. The third-order valence-electron chi connectivity index (χ3n) is 22.7. The van der Waals surface area contributed by atoms with Crippen molar-refractivity contribution < 1.29 is 0 Å². The van der Waals surface area contributed by atoms with Crippen molar-refractivity contribution in [2.24, 2.45) is 37.9 Å². The maximum Gasteiger partial charge on any atom is -0.0132 e. The van der Waals surface area contributed by atoms with Crippen molar-refractivity contribution >= 4 is 10.8 Å². The van der Waals surface area contributed by atoms with Gasteiger partial charge in [0.25, 0.3) is 0 Å². The van der Waals surface area contributed by atoms with Gasteiger partial charge in [-0.1, -0.05) is 583 Å². The van der Waals surface area contributed by atoms with Crippen LogP contribution in [-0.2, 0) is 66.6 Å². The molecule has 0 aliphatic carbocycles. The fraction of sp³-hybridized carbons (Fsp3) is 0.449. The number of fused-ring (bicyclic) bond motifs is 1. The molecule has 0 saturated heterocycles. The van der Waals surface area contributed by atoms with Crippen LogP contribution in [0.3, 0.4) is 0 Å². The highest BCUT2D eigenvalue weighted by atomic mass is 14.3. The van der Waals surface area contributed by atoms with Gasteiger partial charge in [0.1, 0.15) is 0 Å². The fourth-order valence-corrected chi connectivity index (χ4v) is 15.4. The van der Waals surface area contributed by atoms with Crippen LogP contribution >= 0.6 is 0 Å². The maximum absolute atomic E-state index is 2.31. The summed E-state index contributed by atoms with van der Waals surface area (Å²) in [7, 11) is 0. The molecule has 0 N–H and O–H groups in total. The first kappa shape index (κ1) is 124. The van der Waals surface area contributed by atoms with E-state index in [0.717, 1.165) is 38.5 Å². The van der Waals surface area contributed by atoms with Gasteiger partial charge in [-0.15, -0.1) is 0 Å². The van der Waals surface area contributed by atoms with Gasteiger partial charge in [-0.2, -0.15) is 0 Å².